The van der Waals surface area contributed by atoms with Crippen molar-refractivity contribution in [1.82, 2.24) is 0 Å². The van der Waals surface area contributed by atoms with Gasteiger partial charge in [0.2, 0.25) is 9.84 Å². The van der Waals surface area contributed by atoms with E-state index in [1.54, 1.807) is 0 Å². The van der Waals surface area contributed by atoms with Crippen LogP contribution in [0.2, 0.25) is 0 Å². The highest BCUT2D eigenvalue weighted by Gasteiger charge is 2.24. The van der Waals surface area contributed by atoms with E-state index in [2.05, 4.69) is 17.6 Å². The molecular formula is C5H7NO2S2. The molecule has 0 aromatic carbocycles. The normalized spacial score (nSPS) is 22.2. The first-order valence-corrected chi connectivity index (χ1v) is 4.80. The van der Waals surface area contributed by atoms with Crippen molar-refractivity contribution in [1.29, 1.82) is 0 Å². The lowest BCUT2D eigenvalue weighted by Crippen LogP contribution is -2.12. The summed E-state index contributed by atoms with van der Waals surface area (Å²) in [5.74, 6) is 0.177. The molecule has 1 aliphatic rings. The predicted octanol–water partition coefficient (Wildman–Crippen LogP) is 0.604. The minimum Gasteiger partial charge on any atom is -0.247 e. The fourth-order valence-corrected chi connectivity index (χ4v) is 2.13. The minimum atomic E-state index is -3.18. The number of nitrogens with zero attached hydrogens (tertiary/aromatic N) is 1. The molecule has 0 unspecified atom stereocenters. The molecular weight excluding hydrogens is 170 g/mol. The van der Waals surface area contributed by atoms with Crippen molar-refractivity contribution < 1.29 is 8.42 Å². The maximum absolute atomic E-state index is 11.1. The fourth-order valence-electron chi connectivity index (χ4n) is 0.613. The van der Waals surface area contributed by atoms with E-state index in [9.17, 15) is 8.42 Å². The van der Waals surface area contributed by atoms with E-state index < -0.39 is 9.84 Å². The molecule has 0 spiro atoms. The van der Waals surface area contributed by atoms with Crippen molar-refractivity contribution in [2.75, 3.05) is 5.75 Å². The van der Waals surface area contributed by atoms with Crippen LogP contribution in [0.4, 0.5) is 0 Å². The molecule has 3 nitrogen and oxygen atoms in total. The Morgan fingerprint density at radius 3 is 2.50 bits per heavy atom. The summed E-state index contributed by atoms with van der Waals surface area (Å²) in [6.45, 7) is 1.52. The van der Waals surface area contributed by atoms with Crippen LogP contribution in [-0.2, 0) is 9.84 Å². The zero-order chi connectivity index (χ0) is 7.78. The van der Waals surface area contributed by atoms with Crippen molar-refractivity contribution in [3.05, 3.63) is 11.1 Å². The van der Waals surface area contributed by atoms with Crippen molar-refractivity contribution in [3.8, 4) is 0 Å². The molecule has 0 amide bonds. The van der Waals surface area contributed by atoms with Crippen molar-refractivity contribution in [2.24, 2.45) is 4.99 Å². The van der Waals surface area contributed by atoms with E-state index in [1.165, 1.54) is 13.1 Å². The fraction of sp³-hybridized carbons (Fsp3) is 0.400. The second kappa shape index (κ2) is 2.39. The lowest BCUT2D eigenvalue weighted by Gasteiger charge is -1.95. The molecule has 5 heteroatoms. The Labute approximate surface area is 65.2 Å². The van der Waals surface area contributed by atoms with Gasteiger partial charge in [-0.25, -0.2) is 13.4 Å². The van der Waals surface area contributed by atoms with Gasteiger partial charge in [0.05, 0.1) is 4.91 Å². The first-order chi connectivity index (χ1) is 4.59. The summed E-state index contributed by atoms with van der Waals surface area (Å²) in [4.78, 5) is 3.98. The molecule has 1 rings (SSSR count). The summed E-state index contributed by atoms with van der Waals surface area (Å²) in [6.07, 6.45) is 1.35. The van der Waals surface area contributed by atoms with E-state index in [-0.39, 0.29) is 10.8 Å². The lowest BCUT2D eigenvalue weighted by atomic mass is 10.7. The largest absolute Gasteiger partial charge is 0.247 e. The number of allylic oxidation sites excluding steroid dienone is 1. The highest BCUT2D eigenvalue weighted by Crippen LogP contribution is 2.16. The smallest absolute Gasteiger partial charge is 0.218 e. The molecule has 1 aliphatic heterocycles. The number of rotatable bonds is 1. The maximum Gasteiger partial charge on any atom is 0.218 e. The quantitative estimate of drug-likeness (QED) is 0.596. The van der Waals surface area contributed by atoms with Crippen LogP contribution in [0.15, 0.2) is 16.1 Å². The summed E-state index contributed by atoms with van der Waals surface area (Å²) in [7, 11) is -3.18. The lowest BCUT2D eigenvalue weighted by molar-refractivity contribution is 0.613. The second-order valence-corrected chi connectivity index (χ2v) is 4.36. The predicted molar refractivity (Wildman–Crippen MR) is 44.0 cm³/mol. The van der Waals surface area contributed by atoms with Crippen LogP contribution in [0.5, 0.6) is 0 Å². The van der Waals surface area contributed by atoms with E-state index in [4.69, 9.17) is 0 Å². The molecule has 0 aromatic rings. The molecule has 0 atom stereocenters. The van der Waals surface area contributed by atoms with Gasteiger partial charge in [-0.2, -0.15) is 12.6 Å². The zero-order valence-electron chi connectivity index (χ0n) is 5.40. The average Bonchev–Trinajstić information content (AvgIpc) is 2.10. The summed E-state index contributed by atoms with van der Waals surface area (Å²) < 4.78 is 22.2. The Kier molecular flexibility index (Phi) is 1.87. The van der Waals surface area contributed by atoms with Crippen molar-refractivity contribution in [3.63, 3.8) is 0 Å². The minimum absolute atomic E-state index is 0.147. The van der Waals surface area contributed by atoms with Crippen LogP contribution in [0.25, 0.3) is 0 Å². The molecule has 0 bridgehead atoms. The summed E-state index contributed by atoms with van der Waals surface area (Å²) in [5.41, 5.74) is 0. The average molecular weight is 177 g/mol. The summed E-state index contributed by atoms with van der Waals surface area (Å²) in [5, 5.41) is 0.147. The van der Waals surface area contributed by atoms with Crippen molar-refractivity contribution in [2.45, 2.75) is 6.92 Å². The van der Waals surface area contributed by atoms with Gasteiger partial charge in [-0.15, -0.1) is 0 Å². The van der Waals surface area contributed by atoms with E-state index in [0.717, 1.165) is 0 Å². The molecule has 0 N–H and O–H groups in total. The highest BCUT2D eigenvalue weighted by atomic mass is 32.2. The zero-order valence-corrected chi connectivity index (χ0v) is 7.11. The SMILES string of the molecule is CC1=CN=C(CS)S1(=O)=O. The number of hydrogen-bond acceptors (Lipinski definition) is 4. The van der Waals surface area contributed by atoms with Crippen LogP contribution in [0.3, 0.4) is 0 Å². The standard InChI is InChI=1S/C5H7NO2S2/c1-4-2-6-5(3-9)10(4,7)8/h2,9H,3H2,1H3. The molecule has 56 valence electrons. The Bertz CT molecular complexity index is 300. The van der Waals surface area contributed by atoms with Gasteiger partial charge in [0, 0.05) is 12.0 Å². The van der Waals surface area contributed by atoms with Crippen LogP contribution in [0.1, 0.15) is 6.92 Å². The van der Waals surface area contributed by atoms with E-state index >= 15 is 0 Å². The summed E-state index contributed by atoms with van der Waals surface area (Å²) in [6, 6.07) is 0. The van der Waals surface area contributed by atoms with Gasteiger partial charge in [-0.1, -0.05) is 0 Å². The third-order valence-electron chi connectivity index (χ3n) is 1.26. The Balaban J connectivity index is 3.14. The van der Waals surface area contributed by atoms with Crippen LogP contribution >= 0.6 is 12.6 Å². The van der Waals surface area contributed by atoms with Gasteiger partial charge in [0.15, 0.2) is 0 Å². The van der Waals surface area contributed by atoms with Crippen LogP contribution in [0, 0.1) is 0 Å². The molecule has 0 fully saturated rings. The molecule has 0 aliphatic carbocycles. The van der Waals surface area contributed by atoms with Crippen molar-refractivity contribution >= 4 is 27.5 Å². The number of sulfone groups is 1. The topological polar surface area (TPSA) is 46.5 Å². The van der Waals surface area contributed by atoms with E-state index in [0.29, 0.717) is 4.91 Å². The molecule has 0 radical (unpaired) electrons. The molecule has 0 saturated heterocycles. The third-order valence-corrected chi connectivity index (χ3v) is 3.60. The Morgan fingerprint density at radius 2 is 2.30 bits per heavy atom. The number of thiol groups is 1. The molecule has 1 heterocycles. The molecule has 0 saturated carbocycles. The van der Waals surface area contributed by atoms with Gasteiger partial charge in [-0.05, 0) is 6.92 Å². The van der Waals surface area contributed by atoms with Crippen LogP contribution in [-0.4, -0.2) is 19.2 Å². The van der Waals surface area contributed by atoms with Crippen LogP contribution < -0.4 is 0 Å². The van der Waals surface area contributed by atoms with E-state index in [1.807, 2.05) is 0 Å². The monoisotopic (exact) mass is 177 g/mol. The van der Waals surface area contributed by atoms with Gasteiger partial charge in [0.1, 0.15) is 5.04 Å². The molecule has 10 heavy (non-hydrogen) atoms. The van der Waals surface area contributed by atoms with Gasteiger partial charge in [-0.3, -0.25) is 0 Å². The molecule has 0 aromatic heterocycles. The number of hydrogen-bond donors (Lipinski definition) is 1. The second-order valence-electron chi connectivity index (χ2n) is 1.92. The Hall–Kier alpha value is -0.290. The Morgan fingerprint density at radius 1 is 1.70 bits per heavy atom. The number of aliphatic imine (C=N–C) groups is 1. The van der Waals surface area contributed by atoms with Gasteiger partial charge >= 0.3 is 0 Å². The first-order valence-electron chi connectivity index (χ1n) is 2.68. The maximum atomic E-state index is 11.1. The third kappa shape index (κ3) is 0.992. The highest BCUT2D eigenvalue weighted by molar-refractivity contribution is 8.11. The summed E-state index contributed by atoms with van der Waals surface area (Å²) >= 11 is 3.83. The van der Waals surface area contributed by atoms with Gasteiger partial charge < -0.3 is 0 Å². The first kappa shape index (κ1) is 7.81. The van der Waals surface area contributed by atoms with Gasteiger partial charge in [0.25, 0.3) is 0 Å².